The SMILES string of the molecule is CCN(C)[C@H]1CC[C@H](Nc2cc(C(C)C)ncn2)CC1. The summed E-state index contributed by atoms with van der Waals surface area (Å²) in [7, 11) is 2.23. The molecule has 1 heterocycles. The summed E-state index contributed by atoms with van der Waals surface area (Å²) in [6, 6.07) is 3.41. The van der Waals surface area contributed by atoms with E-state index in [9.17, 15) is 0 Å². The Morgan fingerprint density at radius 1 is 1.25 bits per heavy atom. The van der Waals surface area contributed by atoms with Crippen molar-refractivity contribution in [3.8, 4) is 0 Å². The van der Waals surface area contributed by atoms with Crippen LogP contribution in [0.5, 0.6) is 0 Å². The van der Waals surface area contributed by atoms with Crippen molar-refractivity contribution in [1.82, 2.24) is 14.9 Å². The van der Waals surface area contributed by atoms with E-state index < -0.39 is 0 Å². The quantitative estimate of drug-likeness (QED) is 0.896. The Balaban J connectivity index is 1.88. The number of rotatable bonds is 5. The zero-order valence-corrected chi connectivity index (χ0v) is 13.3. The van der Waals surface area contributed by atoms with E-state index >= 15 is 0 Å². The van der Waals surface area contributed by atoms with Crippen molar-refractivity contribution in [2.75, 3.05) is 18.9 Å². The van der Waals surface area contributed by atoms with Gasteiger partial charge in [-0.25, -0.2) is 9.97 Å². The van der Waals surface area contributed by atoms with Crippen LogP contribution in [0.3, 0.4) is 0 Å². The number of anilines is 1. The van der Waals surface area contributed by atoms with Crippen molar-refractivity contribution in [2.45, 2.75) is 64.5 Å². The lowest BCUT2D eigenvalue weighted by Crippen LogP contribution is -2.38. The summed E-state index contributed by atoms with van der Waals surface area (Å²) in [5.41, 5.74) is 1.11. The summed E-state index contributed by atoms with van der Waals surface area (Å²) >= 11 is 0. The third-order valence-electron chi connectivity index (χ3n) is 4.45. The van der Waals surface area contributed by atoms with Gasteiger partial charge in [-0.3, -0.25) is 0 Å². The van der Waals surface area contributed by atoms with E-state index in [2.05, 4.69) is 54.1 Å². The molecule has 0 aliphatic heterocycles. The molecular weight excluding hydrogens is 248 g/mol. The van der Waals surface area contributed by atoms with E-state index in [1.54, 1.807) is 6.33 Å². The molecule has 1 aliphatic rings. The summed E-state index contributed by atoms with van der Waals surface area (Å²) in [6.45, 7) is 7.71. The molecular formula is C16H28N4. The third-order valence-corrected chi connectivity index (χ3v) is 4.45. The molecule has 2 rings (SSSR count). The molecule has 0 unspecified atom stereocenters. The van der Waals surface area contributed by atoms with Gasteiger partial charge in [-0.15, -0.1) is 0 Å². The van der Waals surface area contributed by atoms with Crippen molar-refractivity contribution in [2.24, 2.45) is 0 Å². The number of hydrogen-bond donors (Lipinski definition) is 1. The van der Waals surface area contributed by atoms with E-state index in [0.717, 1.165) is 24.1 Å². The molecule has 0 aromatic carbocycles. The van der Waals surface area contributed by atoms with Crippen molar-refractivity contribution in [3.05, 3.63) is 18.1 Å². The first-order valence-electron chi connectivity index (χ1n) is 7.88. The Bertz CT molecular complexity index is 411. The molecule has 0 amide bonds. The van der Waals surface area contributed by atoms with Crippen molar-refractivity contribution >= 4 is 5.82 Å². The number of aromatic nitrogens is 2. The normalized spacial score (nSPS) is 23.3. The lowest BCUT2D eigenvalue weighted by molar-refractivity contribution is 0.194. The van der Waals surface area contributed by atoms with Crippen LogP contribution in [0.4, 0.5) is 5.82 Å². The molecule has 4 heteroatoms. The standard InChI is InChI=1S/C16H28N4/c1-5-20(4)14-8-6-13(7-9-14)19-16-10-15(12(2)3)17-11-18-16/h10-14H,5-9H2,1-4H3,(H,17,18,19)/t13-,14-. The van der Waals surface area contributed by atoms with Crippen LogP contribution >= 0.6 is 0 Å². The highest BCUT2D eigenvalue weighted by Crippen LogP contribution is 2.25. The molecule has 0 saturated heterocycles. The lowest BCUT2D eigenvalue weighted by atomic mass is 9.90. The predicted molar refractivity (Wildman–Crippen MR) is 84.1 cm³/mol. The van der Waals surface area contributed by atoms with Crippen molar-refractivity contribution < 1.29 is 0 Å². The fraction of sp³-hybridized carbons (Fsp3) is 0.750. The van der Waals surface area contributed by atoms with Crippen LogP contribution in [0.1, 0.15) is 58.1 Å². The highest BCUT2D eigenvalue weighted by atomic mass is 15.1. The molecule has 1 aromatic heterocycles. The van der Waals surface area contributed by atoms with E-state index in [1.165, 1.54) is 25.7 Å². The Morgan fingerprint density at radius 2 is 1.95 bits per heavy atom. The molecule has 0 spiro atoms. The van der Waals surface area contributed by atoms with Crippen molar-refractivity contribution in [3.63, 3.8) is 0 Å². The summed E-state index contributed by atoms with van der Waals surface area (Å²) < 4.78 is 0. The number of hydrogen-bond acceptors (Lipinski definition) is 4. The highest BCUT2D eigenvalue weighted by molar-refractivity contribution is 5.36. The average molecular weight is 276 g/mol. The summed E-state index contributed by atoms with van der Waals surface area (Å²) in [5.74, 6) is 1.43. The monoisotopic (exact) mass is 276 g/mol. The Kier molecular flexibility index (Phi) is 5.35. The molecule has 1 aromatic rings. The van der Waals surface area contributed by atoms with E-state index in [-0.39, 0.29) is 0 Å². The first-order chi connectivity index (χ1) is 9.60. The van der Waals surface area contributed by atoms with Gasteiger partial charge in [-0.2, -0.15) is 0 Å². The van der Waals surface area contributed by atoms with Gasteiger partial charge in [0.15, 0.2) is 0 Å². The maximum Gasteiger partial charge on any atom is 0.129 e. The van der Waals surface area contributed by atoms with Gasteiger partial charge in [0.2, 0.25) is 0 Å². The fourth-order valence-electron chi connectivity index (χ4n) is 2.90. The summed E-state index contributed by atoms with van der Waals surface area (Å²) in [5, 5.41) is 3.58. The van der Waals surface area contributed by atoms with Gasteiger partial charge in [0.25, 0.3) is 0 Å². The molecule has 20 heavy (non-hydrogen) atoms. The van der Waals surface area contributed by atoms with Crippen molar-refractivity contribution in [1.29, 1.82) is 0 Å². The number of nitrogens with zero attached hydrogens (tertiary/aromatic N) is 3. The van der Waals surface area contributed by atoms with Gasteiger partial charge < -0.3 is 10.2 Å². The predicted octanol–water partition coefficient (Wildman–Crippen LogP) is 3.27. The van der Waals surface area contributed by atoms with E-state index in [4.69, 9.17) is 0 Å². The van der Waals surface area contributed by atoms with Crippen LogP contribution in [-0.2, 0) is 0 Å². The third kappa shape index (κ3) is 3.92. The maximum absolute atomic E-state index is 4.35. The molecule has 1 saturated carbocycles. The van der Waals surface area contributed by atoms with Crippen LogP contribution in [0.2, 0.25) is 0 Å². The molecule has 1 aliphatic carbocycles. The minimum Gasteiger partial charge on any atom is -0.367 e. The van der Waals surface area contributed by atoms with Gasteiger partial charge >= 0.3 is 0 Å². The molecule has 4 nitrogen and oxygen atoms in total. The maximum atomic E-state index is 4.35. The summed E-state index contributed by atoms with van der Waals surface area (Å²) in [6.07, 6.45) is 6.70. The van der Waals surface area contributed by atoms with Crippen LogP contribution in [0.15, 0.2) is 12.4 Å². The second-order valence-corrected chi connectivity index (χ2v) is 6.21. The lowest BCUT2D eigenvalue weighted by Gasteiger charge is -2.34. The molecule has 1 N–H and O–H groups in total. The van der Waals surface area contributed by atoms with Crippen LogP contribution in [0.25, 0.3) is 0 Å². The van der Waals surface area contributed by atoms with E-state index in [1.807, 2.05) is 0 Å². The Hall–Kier alpha value is -1.16. The van der Waals surface area contributed by atoms with Crippen LogP contribution in [0, 0.1) is 0 Å². The number of nitrogens with one attached hydrogen (secondary N) is 1. The zero-order valence-electron chi connectivity index (χ0n) is 13.3. The van der Waals surface area contributed by atoms with Gasteiger partial charge in [0, 0.05) is 23.8 Å². The largest absolute Gasteiger partial charge is 0.367 e. The second kappa shape index (κ2) is 7.02. The fourth-order valence-corrected chi connectivity index (χ4v) is 2.90. The average Bonchev–Trinajstić information content (AvgIpc) is 2.47. The molecule has 112 valence electrons. The topological polar surface area (TPSA) is 41.0 Å². The van der Waals surface area contributed by atoms with Crippen LogP contribution < -0.4 is 5.32 Å². The Labute approximate surface area is 123 Å². The molecule has 0 bridgehead atoms. The highest BCUT2D eigenvalue weighted by Gasteiger charge is 2.23. The molecule has 1 fully saturated rings. The van der Waals surface area contributed by atoms with E-state index in [0.29, 0.717) is 12.0 Å². The van der Waals surface area contributed by atoms with Gasteiger partial charge in [-0.05, 0) is 45.2 Å². The first kappa shape index (κ1) is 15.2. The van der Waals surface area contributed by atoms with Gasteiger partial charge in [0.05, 0.1) is 0 Å². The van der Waals surface area contributed by atoms with Gasteiger partial charge in [-0.1, -0.05) is 20.8 Å². The van der Waals surface area contributed by atoms with Gasteiger partial charge in [0.1, 0.15) is 12.1 Å². The smallest absolute Gasteiger partial charge is 0.129 e. The Morgan fingerprint density at radius 3 is 2.55 bits per heavy atom. The van der Waals surface area contributed by atoms with Crippen LogP contribution in [-0.4, -0.2) is 40.5 Å². The summed E-state index contributed by atoms with van der Waals surface area (Å²) in [4.78, 5) is 11.1. The first-order valence-corrected chi connectivity index (χ1v) is 7.88. The zero-order chi connectivity index (χ0) is 14.5. The minimum atomic E-state index is 0.451. The second-order valence-electron chi connectivity index (χ2n) is 6.21. The molecule has 0 atom stereocenters. The molecule has 0 radical (unpaired) electrons. The minimum absolute atomic E-state index is 0.451.